The zero-order valence-corrected chi connectivity index (χ0v) is 23.5. The molecule has 1 aromatic rings. The van der Waals surface area contributed by atoms with E-state index in [1.165, 1.54) is 27.7 Å². The molecular formula is C25H36N8O6S. The number of amides is 2. The van der Waals surface area contributed by atoms with Gasteiger partial charge in [0, 0.05) is 61.8 Å². The number of aliphatic hydroxyl groups excluding tert-OH is 1. The molecule has 15 heteroatoms. The van der Waals surface area contributed by atoms with Gasteiger partial charge in [0.1, 0.15) is 18.6 Å². The topological polar surface area (TPSA) is 174 Å². The van der Waals surface area contributed by atoms with Crippen LogP contribution < -0.4 is 5.32 Å². The van der Waals surface area contributed by atoms with E-state index in [1.54, 1.807) is 0 Å². The number of β-lactam (4-membered cyclic amide) rings is 1. The number of rotatable bonds is 11. The van der Waals surface area contributed by atoms with Crippen molar-refractivity contribution in [3.05, 3.63) is 16.9 Å². The molecule has 0 radical (unpaired) electrons. The number of nitrogens with zero attached hydrogens (tertiary/aromatic N) is 7. The quantitative estimate of drug-likeness (QED) is 0.265. The maximum Gasteiger partial charge on any atom is 0.353 e. The van der Waals surface area contributed by atoms with E-state index in [-0.39, 0.29) is 72.0 Å². The summed E-state index contributed by atoms with van der Waals surface area (Å²) in [6, 6.07) is -0.635. The van der Waals surface area contributed by atoms with Gasteiger partial charge >= 0.3 is 5.97 Å². The van der Waals surface area contributed by atoms with E-state index in [4.69, 9.17) is 5.11 Å². The molecule has 1 aromatic heterocycles. The third kappa shape index (κ3) is 5.51. The van der Waals surface area contributed by atoms with E-state index < -0.39 is 11.9 Å². The summed E-state index contributed by atoms with van der Waals surface area (Å²) in [7, 11) is 0. The Bertz CT molecular complexity index is 1170. The number of aliphatic hydroxyl groups is 1. The van der Waals surface area contributed by atoms with Crippen LogP contribution in [-0.2, 0) is 25.7 Å². The van der Waals surface area contributed by atoms with Gasteiger partial charge in [0.2, 0.25) is 11.8 Å². The molecule has 40 heavy (non-hydrogen) atoms. The summed E-state index contributed by atoms with van der Waals surface area (Å²) < 4.78 is 1.34. The number of carboxylic acid groups (broad SMARTS) is 1. The molecule has 5 rings (SSSR count). The minimum atomic E-state index is -1.13. The van der Waals surface area contributed by atoms with Crippen LogP contribution in [0.3, 0.4) is 0 Å². The van der Waals surface area contributed by atoms with Crippen LogP contribution in [0.15, 0.2) is 16.9 Å². The maximum absolute atomic E-state index is 13.2. The fourth-order valence-electron chi connectivity index (χ4n) is 6.47. The number of nitrogens with one attached hydrogen (secondary N) is 1. The molecule has 218 valence electrons. The van der Waals surface area contributed by atoms with Gasteiger partial charge in [0.05, 0.1) is 24.6 Å². The second-order valence-corrected chi connectivity index (χ2v) is 12.4. The minimum Gasteiger partial charge on any atom is -0.477 e. The van der Waals surface area contributed by atoms with Crippen LogP contribution in [-0.4, -0.2) is 132 Å². The van der Waals surface area contributed by atoms with E-state index in [2.05, 4.69) is 25.7 Å². The van der Waals surface area contributed by atoms with Crippen molar-refractivity contribution in [3.63, 3.8) is 0 Å². The number of ketones is 1. The molecule has 3 N–H and O–H groups in total. The van der Waals surface area contributed by atoms with E-state index >= 15 is 0 Å². The normalized spacial score (nSPS) is 29.5. The van der Waals surface area contributed by atoms with Crippen LogP contribution in [0, 0.1) is 17.8 Å². The average Bonchev–Trinajstić information content (AvgIpc) is 3.65. The predicted molar refractivity (Wildman–Crippen MR) is 142 cm³/mol. The second kappa shape index (κ2) is 11.9. The van der Waals surface area contributed by atoms with Crippen molar-refractivity contribution in [3.8, 4) is 0 Å². The van der Waals surface area contributed by atoms with Crippen molar-refractivity contribution in [2.75, 3.05) is 45.9 Å². The van der Waals surface area contributed by atoms with Crippen LogP contribution in [0.25, 0.3) is 0 Å². The lowest BCUT2D eigenvalue weighted by Gasteiger charge is -2.47. The van der Waals surface area contributed by atoms with Crippen LogP contribution in [0.4, 0.5) is 0 Å². The summed E-state index contributed by atoms with van der Waals surface area (Å²) in [5.74, 6) is -2.33. The highest BCUT2D eigenvalue weighted by Gasteiger charge is 2.60. The number of hydrogen-bond acceptors (Lipinski definition) is 11. The molecule has 2 amide bonds. The summed E-state index contributed by atoms with van der Waals surface area (Å²) in [5.41, 5.74) is 0.0331. The molecule has 6 atom stereocenters. The molecular weight excluding hydrogens is 540 g/mol. The summed E-state index contributed by atoms with van der Waals surface area (Å²) in [6.45, 7) is 7.82. The Hall–Kier alpha value is -2.88. The first-order valence-corrected chi connectivity index (χ1v) is 14.6. The maximum atomic E-state index is 13.2. The molecule has 0 bridgehead atoms. The number of carbonyl (C=O) groups excluding carboxylic acids is 3. The number of piperazine rings is 1. The number of β-amino-alcohol motifs (C(OH)–C–C–N with tert-alkyl or cyclic N) is 1. The smallest absolute Gasteiger partial charge is 0.353 e. The predicted octanol–water partition coefficient (Wildman–Crippen LogP) is -1.36. The molecule has 0 unspecified atom stereocenters. The van der Waals surface area contributed by atoms with Gasteiger partial charge in [-0.3, -0.25) is 19.3 Å². The van der Waals surface area contributed by atoms with Gasteiger partial charge in [0.25, 0.3) is 0 Å². The van der Waals surface area contributed by atoms with Crippen LogP contribution >= 0.6 is 11.8 Å². The molecule has 0 aliphatic carbocycles. The highest BCUT2D eigenvalue weighted by molar-refractivity contribution is 8.03. The van der Waals surface area contributed by atoms with Gasteiger partial charge in [-0.05, 0) is 22.8 Å². The lowest BCUT2D eigenvalue weighted by Crippen LogP contribution is -2.62. The SMILES string of the molecule is C[C@@H](CC(=O)Cn1cnnn1)[C@H]1C(=O)N2C(C(=O)O)=C(S[C@@H]3CN[C@H](C(=O)N4CCN(CCO)CC4)C3)[C@H](C)[C@H]12. The molecule has 3 fully saturated rings. The molecule has 0 spiro atoms. The van der Waals surface area contributed by atoms with Gasteiger partial charge in [-0.2, -0.15) is 0 Å². The number of fused-ring (bicyclic) bond motifs is 1. The third-order valence-electron chi connectivity index (χ3n) is 8.47. The van der Waals surface area contributed by atoms with Gasteiger partial charge in [-0.15, -0.1) is 16.9 Å². The van der Waals surface area contributed by atoms with Gasteiger partial charge in [0.15, 0.2) is 5.78 Å². The van der Waals surface area contributed by atoms with E-state index in [0.717, 1.165) is 13.1 Å². The van der Waals surface area contributed by atoms with Crippen LogP contribution in [0.2, 0.25) is 0 Å². The summed E-state index contributed by atoms with van der Waals surface area (Å²) in [4.78, 5) is 57.3. The third-order valence-corrected chi connectivity index (χ3v) is 9.98. The highest BCUT2D eigenvalue weighted by Crippen LogP contribution is 2.53. The molecule has 3 saturated heterocycles. The van der Waals surface area contributed by atoms with E-state index in [9.17, 15) is 24.3 Å². The largest absolute Gasteiger partial charge is 0.477 e. The van der Waals surface area contributed by atoms with Crippen LogP contribution in [0.1, 0.15) is 26.7 Å². The van der Waals surface area contributed by atoms with Gasteiger partial charge in [-0.1, -0.05) is 13.8 Å². The highest BCUT2D eigenvalue weighted by atomic mass is 32.2. The number of carbonyl (C=O) groups is 4. The fourth-order valence-corrected chi connectivity index (χ4v) is 7.94. The Morgan fingerprint density at radius 2 is 1.98 bits per heavy atom. The van der Waals surface area contributed by atoms with E-state index in [0.29, 0.717) is 37.5 Å². The monoisotopic (exact) mass is 576 g/mol. The number of aliphatic carboxylic acids is 1. The first kappa shape index (κ1) is 28.6. The number of thioether (sulfide) groups is 1. The van der Waals surface area contributed by atoms with Crippen molar-refractivity contribution < 1.29 is 29.4 Å². The number of carboxylic acids is 1. The minimum absolute atomic E-state index is 0.000953. The van der Waals surface area contributed by atoms with Crippen molar-refractivity contribution in [2.45, 2.75) is 50.6 Å². The Morgan fingerprint density at radius 1 is 1.23 bits per heavy atom. The number of hydrogen-bond donors (Lipinski definition) is 3. The lowest BCUT2D eigenvalue weighted by atomic mass is 9.73. The Morgan fingerprint density at radius 3 is 2.62 bits per heavy atom. The summed E-state index contributed by atoms with van der Waals surface area (Å²) >= 11 is 1.46. The van der Waals surface area contributed by atoms with Crippen molar-refractivity contribution in [1.82, 2.24) is 40.2 Å². The zero-order valence-electron chi connectivity index (χ0n) is 22.7. The Balaban J connectivity index is 1.19. The Kier molecular flexibility index (Phi) is 8.54. The molecule has 4 aliphatic heterocycles. The number of Topliss-reactive ketones (excluding diaryl/α,β-unsaturated/α-hetero) is 1. The van der Waals surface area contributed by atoms with Crippen molar-refractivity contribution in [2.24, 2.45) is 17.8 Å². The molecule has 5 heterocycles. The van der Waals surface area contributed by atoms with Gasteiger partial charge < -0.3 is 25.3 Å². The fraction of sp³-hybridized carbons (Fsp3) is 0.720. The number of tetrazole rings is 1. The molecule has 0 aromatic carbocycles. The van der Waals surface area contributed by atoms with E-state index in [1.807, 2.05) is 18.7 Å². The van der Waals surface area contributed by atoms with Crippen molar-refractivity contribution >= 4 is 35.3 Å². The zero-order chi connectivity index (χ0) is 28.6. The lowest BCUT2D eigenvalue weighted by molar-refractivity contribution is -0.160. The summed E-state index contributed by atoms with van der Waals surface area (Å²) in [6.07, 6.45) is 2.11. The second-order valence-electron chi connectivity index (χ2n) is 11.1. The molecule has 0 saturated carbocycles. The molecule has 4 aliphatic rings. The first-order chi connectivity index (χ1) is 19.2. The standard InChI is InChI=1S/C25H36N8O6S/c1-14(9-16(35)12-32-13-27-28-29-32)19-20-15(2)22(21(25(38)39)33(20)24(19)37)40-17-10-18(26-11-17)23(36)31-5-3-30(4-6-31)7-8-34/h13-15,17-20,26,34H,3-12H2,1-2H3,(H,38,39)/t14-,15+,17-,18-,19+,20+/m0/s1. The number of aromatic nitrogens is 4. The Labute approximate surface area is 236 Å². The van der Waals surface area contributed by atoms with Crippen molar-refractivity contribution in [1.29, 1.82) is 0 Å². The average molecular weight is 577 g/mol. The first-order valence-electron chi connectivity index (χ1n) is 13.7. The summed E-state index contributed by atoms with van der Waals surface area (Å²) in [5, 5.41) is 33.3. The van der Waals surface area contributed by atoms with Gasteiger partial charge in [-0.25, -0.2) is 9.48 Å². The van der Waals surface area contributed by atoms with Crippen LogP contribution in [0.5, 0.6) is 0 Å². The molecule has 14 nitrogen and oxygen atoms in total.